The molecule has 118 valence electrons. The summed E-state index contributed by atoms with van der Waals surface area (Å²) in [7, 11) is 0. The zero-order valence-corrected chi connectivity index (χ0v) is 12.5. The molecular formula is C17H21NO4. The number of carboxylic acids is 1. The minimum absolute atomic E-state index is 0.0377. The summed E-state index contributed by atoms with van der Waals surface area (Å²) in [5, 5.41) is 9.01. The van der Waals surface area contributed by atoms with E-state index in [-0.39, 0.29) is 24.3 Å². The van der Waals surface area contributed by atoms with Gasteiger partial charge < -0.3 is 14.7 Å². The average molecular weight is 303 g/mol. The van der Waals surface area contributed by atoms with Gasteiger partial charge in [0.05, 0.1) is 25.7 Å². The van der Waals surface area contributed by atoms with E-state index in [4.69, 9.17) is 9.84 Å². The molecule has 1 heterocycles. The Kier molecular flexibility index (Phi) is 4.43. The van der Waals surface area contributed by atoms with Crippen LogP contribution in [0.25, 0.3) is 0 Å². The van der Waals surface area contributed by atoms with Crippen LogP contribution in [0.2, 0.25) is 0 Å². The van der Waals surface area contributed by atoms with Crippen LogP contribution in [0, 0.1) is 5.92 Å². The highest BCUT2D eigenvalue weighted by Gasteiger charge is 2.34. The highest BCUT2D eigenvalue weighted by Crippen LogP contribution is 2.28. The van der Waals surface area contributed by atoms with Crippen LogP contribution in [0.4, 0.5) is 0 Å². The zero-order valence-electron chi connectivity index (χ0n) is 12.5. The molecule has 1 amide bonds. The molecule has 1 aromatic carbocycles. The van der Waals surface area contributed by atoms with E-state index in [0.29, 0.717) is 19.8 Å². The Hall–Kier alpha value is -1.88. The molecule has 1 saturated heterocycles. The largest absolute Gasteiger partial charge is 0.481 e. The maximum absolute atomic E-state index is 12.8. The van der Waals surface area contributed by atoms with Crippen LogP contribution in [0.3, 0.4) is 0 Å². The lowest BCUT2D eigenvalue weighted by Crippen LogP contribution is -2.52. The highest BCUT2D eigenvalue weighted by atomic mass is 16.5. The predicted molar refractivity (Wildman–Crippen MR) is 80.5 cm³/mol. The molecular weight excluding hydrogens is 282 g/mol. The van der Waals surface area contributed by atoms with Gasteiger partial charge in [0, 0.05) is 12.5 Å². The number of rotatable bonds is 3. The third-order valence-corrected chi connectivity index (χ3v) is 4.62. The molecule has 5 heteroatoms. The van der Waals surface area contributed by atoms with Crippen molar-refractivity contribution in [2.24, 2.45) is 5.92 Å². The molecule has 0 spiro atoms. The van der Waals surface area contributed by atoms with Gasteiger partial charge in [-0.3, -0.25) is 9.59 Å². The van der Waals surface area contributed by atoms with Crippen molar-refractivity contribution >= 4 is 11.9 Å². The second-order valence-corrected chi connectivity index (χ2v) is 6.07. The number of hydrogen-bond acceptors (Lipinski definition) is 3. The monoisotopic (exact) mass is 303 g/mol. The topological polar surface area (TPSA) is 66.8 Å². The van der Waals surface area contributed by atoms with E-state index < -0.39 is 5.97 Å². The number of morpholine rings is 1. The van der Waals surface area contributed by atoms with E-state index in [9.17, 15) is 9.59 Å². The van der Waals surface area contributed by atoms with Crippen molar-refractivity contribution in [2.45, 2.75) is 31.7 Å². The molecule has 1 aliphatic heterocycles. The number of carbonyl (C=O) groups is 2. The fourth-order valence-electron chi connectivity index (χ4n) is 3.46. The molecule has 0 radical (unpaired) electrons. The summed E-state index contributed by atoms with van der Waals surface area (Å²) in [6.07, 6.45) is 2.47. The molecule has 1 fully saturated rings. The summed E-state index contributed by atoms with van der Waals surface area (Å²) in [4.78, 5) is 25.5. The Morgan fingerprint density at radius 1 is 1.27 bits per heavy atom. The number of ether oxygens (including phenoxy) is 1. The van der Waals surface area contributed by atoms with Gasteiger partial charge in [0.25, 0.3) is 0 Å². The van der Waals surface area contributed by atoms with Crippen molar-refractivity contribution in [3.8, 4) is 0 Å². The van der Waals surface area contributed by atoms with E-state index in [1.54, 1.807) is 4.90 Å². The van der Waals surface area contributed by atoms with Crippen LogP contribution in [0.1, 0.15) is 24.0 Å². The lowest BCUT2D eigenvalue weighted by molar-refractivity contribution is -0.149. The van der Waals surface area contributed by atoms with E-state index in [1.807, 2.05) is 12.1 Å². The van der Waals surface area contributed by atoms with E-state index in [0.717, 1.165) is 19.3 Å². The van der Waals surface area contributed by atoms with Crippen LogP contribution in [0.5, 0.6) is 0 Å². The predicted octanol–water partition coefficient (Wildman–Crippen LogP) is 1.49. The van der Waals surface area contributed by atoms with Crippen molar-refractivity contribution in [1.29, 1.82) is 0 Å². The van der Waals surface area contributed by atoms with E-state index in [1.165, 1.54) is 11.1 Å². The smallest absolute Gasteiger partial charge is 0.305 e. The molecule has 1 N–H and O–H groups in total. The van der Waals surface area contributed by atoms with Gasteiger partial charge in [-0.25, -0.2) is 0 Å². The van der Waals surface area contributed by atoms with Crippen molar-refractivity contribution in [1.82, 2.24) is 4.90 Å². The number of hydrogen-bond donors (Lipinski definition) is 1. The molecule has 0 saturated carbocycles. The Bertz CT molecular complexity index is 572. The first-order chi connectivity index (χ1) is 10.6. The summed E-state index contributed by atoms with van der Waals surface area (Å²) in [5.74, 6) is -0.837. The van der Waals surface area contributed by atoms with E-state index >= 15 is 0 Å². The Morgan fingerprint density at radius 3 is 2.82 bits per heavy atom. The van der Waals surface area contributed by atoms with Gasteiger partial charge >= 0.3 is 5.97 Å². The van der Waals surface area contributed by atoms with Gasteiger partial charge in [-0.1, -0.05) is 24.3 Å². The first kappa shape index (κ1) is 15.0. The second kappa shape index (κ2) is 6.48. The number of aryl methyl sites for hydroxylation is 1. The summed E-state index contributed by atoms with van der Waals surface area (Å²) in [6.45, 7) is 1.31. The number of carbonyl (C=O) groups excluding carboxylic acids is 1. The van der Waals surface area contributed by atoms with Crippen molar-refractivity contribution < 1.29 is 19.4 Å². The molecule has 2 aliphatic rings. The first-order valence-corrected chi connectivity index (χ1v) is 7.82. The summed E-state index contributed by atoms with van der Waals surface area (Å²) in [5.41, 5.74) is 2.57. The van der Waals surface area contributed by atoms with Crippen LogP contribution < -0.4 is 0 Å². The Morgan fingerprint density at radius 2 is 2.05 bits per heavy atom. The van der Waals surface area contributed by atoms with Gasteiger partial charge in [-0.05, 0) is 30.4 Å². The summed E-state index contributed by atoms with van der Waals surface area (Å²) in [6, 6.07) is 7.91. The number of fused-ring (bicyclic) bond motifs is 1. The normalized spacial score (nSPS) is 24.6. The lowest BCUT2D eigenvalue weighted by Gasteiger charge is -2.38. The molecule has 3 rings (SSSR count). The molecule has 2 unspecified atom stereocenters. The molecule has 1 aliphatic carbocycles. The van der Waals surface area contributed by atoms with Gasteiger partial charge in [0.2, 0.25) is 5.91 Å². The third kappa shape index (κ3) is 3.14. The Labute approximate surface area is 129 Å². The van der Waals surface area contributed by atoms with E-state index in [2.05, 4.69) is 12.1 Å². The quantitative estimate of drug-likeness (QED) is 0.919. The molecule has 5 nitrogen and oxygen atoms in total. The third-order valence-electron chi connectivity index (χ3n) is 4.62. The first-order valence-electron chi connectivity index (χ1n) is 7.82. The van der Waals surface area contributed by atoms with Crippen LogP contribution in [-0.4, -0.2) is 47.7 Å². The van der Waals surface area contributed by atoms with Crippen LogP contribution in [-0.2, 0) is 27.2 Å². The summed E-state index contributed by atoms with van der Waals surface area (Å²) >= 11 is 0. The SMILES string of the molecule is O=C(O)CC1COCCN1C(=O)C1CCc2ccccc2C1. The second-order valence-electron chi connectivity index (χ2n) is 6.07. The van der Waals surface area contributed by atoms with Gasteiger partial charge in [-0.2, -0.15) is 0 Å². The zero-order chi connectivity index (χ0) is 15.5. The number of nitrogens with zero attached hydrogens (tertiary/aromatic N) is 1. The maximum Gasteiger partial charge on any atom is 0.305 e. The minimum Gasteiger partial charge on any atom is -0.481 e. The van der Waals surface area contributed by atoms with Gasteiger partial charge in [-0.15, -0.1) is 0 Å². The van der Waals surface area contributed by atoms with Gasteiger partial charge in [0.1, 0.15) is 0 Å². The molecule has 22 heavy (non-hydrogen) atoms. The van der Waals surface area contributed by atoms with Crippen LogP contribution >= 0.6 is 0 Å². The van der Waals surface area contributed by atoms with Crippen molar-refractivity contribution in [3.05, 3.63) is 35.4 Å². The molecule has 0 bridgehead atoms. The molecule has 2 atom stereocenters. The molecule has 0 aromatic heterocycles. The van der Waals surface area contributed by atoms with Crippen LogP contribution in [0.15, 0.2) is 24.3 Å². The standard InChI is InChI=1S/C17H21NO4/c19-16(20)10-15-11-22-8-7-18(15)17(21)14-6-5-12-3-1-2-4-13(12)9-14/h1-4,14-15H,5-11H2,(H,19,20). The lowest BCUT2D eigenvalue weighted by atomic mass is 9.83. The number of amides is 1. The fraction of sp³-hybridized carbons (Fsp3) is 0.529. The highest BCUT2D eigenvalue weighted by molar-refractivity contribution is 5.81. The number of aliphatic carboxylic acids is 1. The number of carboxylic acid groups (broad SMARTS) is 1. The fourth-order valence-corrected chi connectivity index (χ4v) is 3.46. The van der Waals surface area contributed by atoms with Crippen molar-refractivity contribution in [2.75, 3.05) is 19.8 Å². The Balaban J connectivity index is 1.71. The molecule has 1 aromatic rings. The number of benzene rings is 1. The minimum atomic E-state index is -0.887. The van der Waals surface area contributed by atoms with Gasteiger partial charge in [0.15, 0.2) is 0 Å². The van der Waals surface area contributed by atoms with Crippen molar-refractivity contribution in [3.63, 3.8) is 0 Å². The maximum atomic E-state index is 12.8. The summed E-state index contributed by atoms with van der Waals surface area (Å²) < 4.78 is 5.35. The average Bonchev–Trinajstić information content (AvgIpc) is 2.54.